The Labute approximate surface area is 96.8 Å². The molecule has 5 nitrogen and oxygen atoms in total. The van der Waals surface area contributed by atoms with Crippen LogP contribution in [0.2, 0.25) is 0 Å². The van der Waals surface area contributed by atoms with Gasteiger partial charge in [0, 0.05) is 34.6 Å². The highest BCUT2D eigenvalue weighted by Crippen LogP contribution is 2.06. The molecule has 16 heavy (non-hydrogen) atoms. The molecule has 0 aliphatic heterocycles. The zero-order valence-corrected chi connectivity index (χ0v) is 10.7. The quantitative estimate of drug-likeness (QED) is 0.572. The van der Waals surface area contributed by atoms with E-state index in [2.05, 4.69) is 9.98 Å². The van der Waals surface area contributed by atoms with Crippen LogP contribution in [0, 0.1) is 0 Å². The fraction of sp³-hybridized carbons (Fsp3) is 0.636. The molecule has 1 aromatic rings. The van der Waals surface area contributed by atoms with Gasteiger partial charge in [-0.05, 0) is 0 Å². The van der Waals surface area contributed by atoms with Crippen molar-refractivity contribution in [3.05, 3.63) is 17.8 Å². The summed E-state index contributed by atoms with van der Waals surface area (Å²) in [6, 6.07) is 0. The van der Waals surface area contributed by atoms with Gasteiger partial charge in [-0.3, -0.25) is 0 Å². The largest absolute Gasteiger partial charge is 0.444 e. The van der Waals surface area contributed by atoms with Crippen LogP contribution in [-0.4, -0.2) is 48.9 Å². The van der Waals surface area contributed by atoms with Crippen molar-refractivity contribution in [1.29, 1.82) is 0 Å². The van der Waals surface area contributed by atoms with E-state index in [4.69, 9.17) is 4.42 Å². The number of rotatable bonds is 3. The summed E-state index contributed by atoms with van der Waals surface area (Å²) in [7, 11) is 7.88. The van der Waals surface area contributed by atoms with Gasteiger partial charge in [-0.2, -0.15) is 0 Å². The third kappa shape index (κ3) is 3.25. The lowest BCUT2D eigenvalue weighted by Gasteiger charge is -2.22. The van der Waals surface area contributed by atoms with Gasteiger partial charge < -0.3 is 14.2 Å². The number of oxazole rings is 1. The van der Waals surface area contributed by atoms with Gasteiger partial charge in [0.15, 0.2) is 11.9 Å². The number of aryl methyl sites for hydroxylation is 1. The van der Waals surface area contributed by atoms with E-state index in [0.29, 0.717) is 6.54 Å². The monoisotopic (exact) mass is 224 g/mol. The first kappa shape index (κ1) is 12.5. The summed E-state index contributed by atoms with van der Waals surface area (Å²) < 4.78 is 5.49. The van der Waals surface area contributed by atoms with Crippen LogP contribution in [0.3, 0.4) is 0 Å². The summed E-state index contributed by atoms with van der Waals surface area (Å²) in [6.45, 7) is 2.54. The second kappa shape index (κ2) is 5.53. The van der Waals surface area contributed by atoms with Crippen molar-refractivity contribution in [2.45, 2.75) is 19.9 Å². The SMILES string of the molecule is CCc1ncc(CN=C(N(C)C)N(C)C)o1. The van der Waals surface area contributed by atoms with Gasteiger partial charge >= 0.3 is 0 Å². The summed E-state index contributed by atoms with van der Waals surface area (Å²) in [5.74, 6) is 2.48. The van der Waals surface area contributed by atoms with Crippen LogP contribution in [0.4, 0.5) is 0 Å². The maximum Gasteiger partial charge on any atom is 0.195 e. The molecule has 0 radical (unpaired) electrons. The highest BCUT2D eigenvalue weighted by molar-refractivity contribution is 5.79. The molecule has 0 atom stereocenters. The minimum atomic E-state index is 0.526. The zero-order chi connectivity index (χ0) is 12.1. The van der Waals surface area contributed by atoms with Gasteiger partial charge in [-0.25, -0.2) is 9.98 Å². The molecule has 0 N–H and O–H groups in total. The molecule has 1 aromatic heterocycles. The minimum Gasteiger partial charge on any atom is -0.444 e. The second-order valence-electron chi connectivity index (χ2n) is 3.98. The van der Waals surface area contributed by atoms with Crippen molar-refractivity contribution in [3.8, 4) is 0 Å². The third-order valence-corrected chi connectivity index (χ3v) is 2.08. The van der Waals surface area contributed by atoms with Crippen LogP contribution in [0.5, 0.6) is 0 Å². The van der Waals surface area contributed by atoms with Crippen LogP contribution in [0.1, 0.15) is 18.6 Å². The van der Waals surface area contributed by atoms with E-state index >= 15 is 0 Å². The van der Waals surface area contributed by atoms with Crippen molar-refractivity contribution < 1.29 is 4.42 Å². The van der Waals surface area contributed by atoms with Gasteiger partial charge in [0.05, 0.1) is 6.20 Å². The van der Waals surface area contributed by atoms with Crippen LogP contribution >= 0.6 is 0 Å². The Morgan fingerprint density at radius 2 is 1.94 bits per heavy atom. The van der Waals surface area contributed by atoms with E-state index in [9.17, 15) is 0 Å². The molecule has 0 aromatic carbocycles. The zero-order valence-electron chi connectivity index (χ0n) is 10.7. The first-order chi connectivity index (χ1) is 7.54. The summed E-state index contributed by atoms with van der Waals surface area (Å²) in [6.07, 6.45) is 2.56. The van der Waals surface area contributed by atoms with Crippen molar-refractivity contribution >= 4 is 5.96 Å². The topological polar surface area (TPSA) is 44.9 Å². The van der Waals surface area contributed by atoms with E-state index in [1.807, 2.05) is 44.9 Å². The van der Waals surface area contributed by atoms with Crippen molar-refractivity contribution in [3.63, 3.8) is 0 Å². The van der Waals surface area contributed by atoms with Crippen LogP contribution in [0.25, 0.3) is 0 Å². The number of aromatic nitrogens is 1. The van der Waals surface area contributed by atoms with Crippen LogP contribution in [-0.2, 0) is 13.0 Å². The standard InChI is InChI=1S/C11H20N4O/c1-6-10-12-7-9(16-10)8-13-11(14(2)3)15(4)5/h7H,6,8H2,1-5H3. The number of hydrogen-bond acceptors (Lipinski definition) is 3. The highest BCUT2D eigenvalue weighted by atomic mass is 16.4. The number of nitrogens with zero attached hydrogens (tertiary/aromatic N) is 4. The van der Waals surface area contributed by atoms with E-state index in [0.717, 1.165) is 24.0 Å². The Morgan fingerprint density at radius 1 is 1.31 bits per heavy atom. The molecule has 0 unspecified atom stereocenters. The lowest BCUT2D eigenvalue weighted by Crippen LogP contribution is -2.35. The Hall–Kier alpha value is -1.52. The van der Waals surface area contributed by atoms with Crippen molar-refractivity contribution in [1.82, 2.24) is 14.8 Å². The molecular weight excluding hydrogens is 204 g/mol. The molecule has 1 rings (SSSR count). The fourth-order valence-corrected chi connectivity index (χ4v) is 1.42. The molecule has 0 aliphatic rings. The first-order valence-corrected chi connectivity index (χ1v) is 5.37. The smallest absolute Gasteiger partial charge is 0.195 e. The molecule has 0 spiro atoms. The normalized spacial score (nSPS) is 10.1. The van der Waals surface area contributed by atoms with E-state index < -0.39 is 0 Å². The molecule has 90 valence electrons. The van der Waals surface area contributed by atoms with Gasteiger partial charge in [-0.1, -0.05) is 6.92 Å². The average Bonchev–Trinajstić information content (AvgIpc) is 2.65. The maximum atomic E-state index is 5.49. The lowest BCUT2D eigenvalue weighted by atomic mass is 10.5. The molecule has 0 amide bonds. The summed E-state index contributed by atoms with van der Waals surface area (Å²) in [4.78, 5) is 12.6. The van der Waals surface area contributed by atoms with Gasteiger partial charge in [0.1, 0.15) is 12.3 Å². The molecule has 5 heteroatoms. The predicted molar refractivity (Wildman–Crippen MR) is 64.4 cm³/mol. The number of guanidine groups is 1. The minimum absolute atomic E-state index is 0.526. The molecule has 0 saturated carbocycles. The molecule has 1 heterocycles. The van der Waals surface area contributed by atoms with Gasteiger partial charge in [0.2, 0.25) is 0 Å². The van der Waals surface area contributed by atoms with Crippen LogP contribution in [0.15, 0.2) is 15.6 Å². The Balaban J connectivity index is 2.69. The van der Waals surface area contributed by atoms with E-state index in [1.54, 1.807) is 6.20 Å². The average molecular weight is 224 g/mol. The van der Waals surface area contributed by atoms with E-state index in [-0.39, 0.29) is 0 Å². The highest BCUT2D eigenvalue weighted by Gasteiger charge is 2.05. The van der Waals surface area contributed by atoms with Crippen molar-refractivity contribution in [2.24, 2.45) is 4.99 Å². The number of hydrogen-bond donors (Lipinski definition) is 0. The summed E-state index contributed by atoms with van der Waals surface area (Å²) >= 11 is 0. The Bertz CT molecular complexity index is 345. The third-order valence-electron chi connectivity index (χ3n) is 2.08. The molecular formula is C11H20N4O. The summed E-state index contributed by atoms with van der Waals surface area (Å²) in [5.41, 5.74) is 0. The van der Waals surface area contributed by atoms with E-state index in [1.165, 1.54) is 0 Å². The van der Waals surface area contributed by atoms with Crippen LogP contribution < -0.4 is 0 Å². The lowest BCUT2D eigenvalue weighted by molar-refractivity contribution is 0.450. The predicted octanol–water partition coefficient (Wildman–Crippen LogP) is 1.22. The molecule has 0 fully saturated rings. The van der Waals surface area contributed by atoms with Gasteiger partial charge in [-0.15, -0.1) is 0 Å². The second-order valence-corrected chi connectivity index (χ2v) is 3.98. The maximum absolute atomic E-state index is 5.49. The molecule has 0 bridgehead atoms. The molecule has 0 aliphatic carbocycles. The fourth-order valence-electron chi connectivity index (χ4n) is 1.42. The summed E-state index contributed by atoms with van der Waals surface area (Å²) in [5, 5.41) is 0. The number of aliphatic imine (C=N–C) groups is 1. The molecule has 0 saturated heterocycles. The van der Waals surface area contributed by atoms with Gasteiger partial charge in [0.25, 0.3) is 0 Å². The first-order valence-electron chi connectivity index (χ1n) is 5.37. The Kier molecular flexibility index (Phi) is 4.34. The Morgan fingerprint density at radius 3 is 2.38 bits per heavy atom. The van der Waals surface area contributed by atoms with Crippen molar-refractivity contribution in [2.75, 3.05) is 28.2 Å².